The summed E-state index contributed by atoms with van der Waals surface area (Å²) in [6.07, 6.45) is 13.0. The van der Waals surface area contributed by atoms with Crippen LogP contribution in [0.1, 0.15) is 6.92 Å². The minimum absolute atomic E-state index is 1.64. The van der Waals surface area contributed by atoms with Gasteiger partial charge in [-0.2, -0.15) is 0 Å². The summed E-state index contributed by atoms with van der Waals surface area (Å²) in [5, 5.41) is 0. The third kappa shape index (κ3) is 3200. The zero-order chi connectivity index (χ0) is 8.12. The minimum Gasteiger partial charge on any atom is -0.124 e. The highest BCUT2D eigenvalue weighted by molar-refractivity contribution is 4.88. The fourth-order valence-electron chi connectivity index (χ4n) is 0. The van der Waals surface area contributed by atoms with E-state index in [4.69, 9.17) is 0 Å². The van der Waals surface area contributed by atoms with Gasteiger partial charge in [0.25, 0.3) is 0 Å². The fraction of sp³-hybridized carbons (Fsp3) is 0.111. The van der Waals surface area contributed by atoms with Gasteiger partial charge < -0.3 is 0 Å². The molecule has 0 amide bonds. The fourth-order valence-corrected chi connectivity index (χ4v) is 0. The van der Waals surface area contributed by atoms with E-state index in [-0.39, 0.29) is 0 Å². The van der Waals surface area contributed by atoms with E-state index in [1.807, 2.05) is 6.92 Å². The second-order valence-corrected chi connectivity index (χ2v) is 0.880. The molecule has 0 spiro atoms. The van der Waals surface area contributed by atoms with E-state index < -0.39 is 0 Å². The predicted molar refractivity (Wildman–Crippen MR) is 46.2 cm³/mol. The lowest BCUT2D eigenvalue weighted by molar-refractivity contribution is 1.80. The van der Waals surface area contributed by atoms with E-state index >= 15 is 0 Å². The smallest absolute Gasteiger partial charge is 0.0473 e. The molecule has 0 saturated heterocycles. The molecule has 0 saturated carbocycles. The largest absolute Gasteiger partial charge is 0.124 e. The zero-order valence-corrected chi connectivity index (χ0v) is 6.01. The summed E-state index contributed by atoms with van der Waals surface area (Å²) >= 11 is 0. The van der Waals surface area contributed by atoms with Crippen LogP contribution in [0.25, 0.3) is 0 Å². The Hall–Kier alpha value is -1.22. The molecule has 0 aliphatic rings. The van der Waals surface area contributed by atoms with Gasteiger partial charge in [-0.05, 0) is 6.92 Å². The van der Waals surface area contributed by atoms with Crippen molar-refractivity contribution >= 4 is 0 Å². The molecule has 0 fully saturated rings. The lowest BCUT2D eigenvalue weighted by Gasteiger charge is -1.44. The first-order chi connectivity index (χ1) is 4.33. The van der Waals surface area contributed by atoms with Crippen LogP contribution in [-0.2, 0) is 0 Å². The van der Waals surface area contributed by atoms with Gasteiger partial charge in [-0.25, -0.2) is 0 Å². The monoisotopic (exact) mass is 122 g/mol. The number of rotatable bonds is 1. The van der Waals surface area contributed by atoms with Crippen LogP contribution in [0.2, 0.25) is 0 Å². The van der Waals surface area contributed by atoms with Gasteiger partial charge in [0.05, 0.1) is 0 Å². The van der Waals surface area contributed by atoms with Crippen molar-refractivity contribution in [3.63, 3.8) is 0 Å². The highest BCUT2D eigenvalue weighted by Gasteiger charge is 1.29. The van der Waals surface area contributed by atoms with Gasteiger partial charge in [-0.15, -0.1) is 19.4 Å². The summed E-state index contributed by atoms with van der Waals surface area (Å²) in [6, 6.07) is 0. The molecule has 50 valence electrons. The van der Waals surface area contributed by atoms with Gasteiger partial charge in [-0.1, -0.05) is 31.4 Å². The van der Waals surface area contributed by atoms with Crippen molar-refractivity contribution in [1.29, 1.82) is 0 Å². The Morgan fingerprint density at radius 3 is 1.11 bits per heavy atom. The predicted octanol–water partition coefficient (Wildman–Crippen LogP) is 2.80. The molecule has 0 aliphatic carbocycles. The average molecular weight is 122 g/mol. The Morgan fingerprint density at radius 2 is 1.11 bits per heavy atom. The van der Waals surface area contributed by atoms with E-state index in [2.05, 4.69) is 32.6 Å². The first kappa shape index (κ1) is 15.7. The van der Waals surface area contributed by atoms with Crippen LogP contribution < -0.4 is 0 Å². The molecule has 0 aromatic carbocycles. The maximum absolute atomic E-state index is 4.00. The van der Waals surface area contributed by atoms with Gasteiger partial charge in [0.1, 0.15) is 0 Å². The summed E-state index contributed by atoms with van der Waals surface area (Å²) in [5.74, 6) is 0. The van der Waals surface area contributed by atoms with Crippen molar-refractivity contribution in [3.8, 4) is 12.8 Å². The van der Waals surface area contributed by atoms with Crippen molar-refractivity contribution in [2.45, 2.75) is 6.92 Å². The van der Waals surface area contributed by atoms with Crippen molar-refractivity contribution in [3.05, 3.63) is 38.0 Å². The topological polar surface area (TPSA) is 0 Å². The molecule has 0 heterocycles. The van der Waals surface area contributed by atoms with Crippen molar-refractivity contribution in [2.24, 2.45) is 0 Å². The van der Waals surface area contributed by atoms with Crippen LogP contribution in [0.4, 0.5) is 0 Å². The van der Waals surface area contributed by atoms with E-state index in [0.717, 1.165) is 0 Å². The Labute approximate surface area is 58.6 Å². The highest BCUT2D eigenvalue weighted by Crippen LogP contribution is 1.52. The standard InChI is InChI=1S/C4H6.C3H6.C2H2/c1-3-4-2;1-3-2;1-2/h3-4H,1-2H2;3H,1H2,2H3;1-2H. The van der Waals surface area contributed by atoms with Gasteiger partial charge in [-0.3, -0.25) is 0 Å². The van der Waals surface area contributed by atoms with E-state index in [0.29, 0.717) is 0 Å². The summed E-state index contributed by atoms with van der Waals surface area (Å²) in [7, 11) is 0. The highest BCUT2D eigenvalue weighted by atomic mass is 13.4. The Morgan fingerprint density at radius 1 is 1.00 bits per heavy atom. The molecule has 0 atom stereocenters. The van der Waals surface area contributed by atoms with Gasteiger partial charge >= 0.3 is 0 Å². The average Bonchev–Trinajstić information content (AvgIpc) is 1.94. The molecule has 0 rings (SSSR count). The van der Waals surface area contributed by atoms with Crippen LogP contribution in [-0.4, -0.2) is 0 Å². The zero-order valence-electron chi connectivity index (χ0n) is 6.01. The summed E-state index contributed by atoms with van der Waals surface area (Å²) in [5.41, 5.74) is 0. The maximum Gasteiger partial charge on any atom is -0.0473 e. The third-order valence-electron chi connectivity index (χ3n) is 0.167. The molecule has 0 heteroatoms. The number of allylic oxidation sites excluding steroid dienone is 3. The van der Waals surface area contributed by atoms with Crippen molar-refractivity contribution in [2.75, 3.05) is 0 Å². The second-order valence-electron chi connectivity index (χ2n) is 0.880. The third-order valence-corrected chi connectivity index (χ3v) is 0.167. The molecule has 0 aromatic rings. The van der Waals surface area contributed by atoms with Gasteiger partial charge in [0.2, 0.25) is 0 Å². The van der Waals surface area contributed by atoms with Crippen LogP contribution in [0.5, 0.6) is 0 Å². The molecule has 0 unspecified atom stereocenters. The van der Waals surface area contributed by atoms with Gasteiger partial charge in [0, 0.05) is 0 Å². The van der Waals surface area contributed by atoms with E-state index in [1.165, 1.54) is 0 Å². The number of hydrogen-bond acceptors (Lipinski definition) is 0. The Bertz CT molecular complexity index is 69.3. The molecular weight excluding hydrogens is 108 g/mol. The number of terminal acetylenes is 1. The molecule has 0 bridgehead atoms. The molecule has 0 aliphatic heterocycles. The Balaban J connectivity index is -0.0000000646. The first-order valence-corrected chi connectivity index (χ1v) is 2.47. The molecular formula is C9H14. The quantitative estimate of drug-likeness (QED) is 0.285. The lowest BCUT2D eigenvalue weighted by Crippen LogP contribution is -1.21. The van der Waals surface area contributed by atoms with Gasteiger partial charge in [0.15, 0.2) is 0 Å². The molecule has 0 nitrogen and oxygen atoms in total. The SMILES string of the molecule is C#C.C=CC.C=CC=C. The van der Waals surface area contributed by atoms with Crippen LogP contribution in [0, 0.1) is 12.8 Å². The summed E-state index contributed by atoms with van der Waals surface area (Å²) in [4.78, 5) is 0. The summed E-state index contributed by atoms with van der Waals surface area (Å²) < 4.78 is 0. The maximum atomic E-state index is 4.00. The van der Waals surface area contributed by atoms with Crippen LogP contribution in [0.15, 0.2) is 38.0 Å². The second kappa shape index (κ2) is 71.5. The van der Waals surface area contributed by atoms with Crippen LogP contribution >= 0.6 is 0 Å². The molecule has 0 N–H and O–H groups in total. The molecule has 0 aromatic heterocycles. The summed E-state index contributed by atoms with van der Waals surface area (Å²) in [6.45, 7) is 12.0. The van der Waals surface area contributed by atoms with Crippen molar-refractivity contribution in [1.82, 2.24) is 0 Å². The lowest BCUT2D eigenvalue weighted by atomic mass is 10.6. The normalized spacial score (nSPS) is 3.89. The van der Waals surface area contributed by atoms with E-state index in [9.17, 15) is 0 Å². The molecule has 9 heavy (non-hydrogen) atoms. The Kier molecular flexibility index (Phi) is 124. The van der Waals surface area contributed by atoms with Crippen molar-refractivity contribution < 1.29 is 0 Å². The minimum atomic E-state index is 1.64. The van der Waals surface area contributed by atoms with Crippen LogP contribution in [0.3, 0.4) is 0 Å². The van der Waals surface area contributed by atoms with E-state index in [1.54, 1.807) is 18.2 Å². The number of hydrogen-bond donors (Lipinski definition) is 0. The first-order valence-electron chi connectivity index (χ1n) is 2.47. The molecule has 0 radical (unpaired) electrons.